The van der Waals surface area contributed by atoms with Gasteiger partial charge in [-0.05, 0) is 39.7 Å². The summed E-state index contributed by atoms with van der Waals surface area (Å²) < 4.78 is 2.77. The molecule has 1 heterocycles. The van der Waals surface area contributed by atoms with Gasteiger partial charge in [-0.15, -0.1) is 0 Å². The third kappa shape index (κ3) is 2.40. The summed E-state index contributed by atoms with van der Waals surface area (Å²) >= 11 is 3.43. The predicted octanol–water partition coefficient (Wildman–Crippen LogP) is 2.61. The minimum absolute atomic E-state index is 0.562. The SMILES string of the molecule is NC/C=C/c1ccc(-n2nccc2Br)cc1. The van der Waals surface area contributed by atoms with Crippen LogP contribution >= 0.6 is 15.9 Å². The zero-order valence-electron chi connectivity index (χ0n) is 8.68. The molecule has 0 amide bonds. The summed E-state index contributed by atoms with van der Waals surface area (Å²) in [5.41, 5.74) is 7.56. The molecule has 0 aliphatic rings. The molecule has 3 nitrogen and oxygen atoms in total. The molecule has 0 fully saturated rings. The Bertz CT molecular complexity index is 485. The molecular weight excluding hydrogens is 266 g/mol. The number of halogens is 1. The Kier molecular flexibility index (Phi) is 3.54. The first kappa shape index (κ1) is 11.1. The average Bonchev–Trinajstić information content (AvgIpc) is 2.74. The largest absolute Gasteiger partial charge is 0.327 e. The highest BCUT2D eigenvalue weighted by Gasteiger charge is 2.00. The van der Waals surface area contributed by atoms with Crippen LogP contribution in [-0.2, 0) is 0 Å². The average molecular weight is 278 g/mol. The van der Waals surface area contributed by atoms with Gasteiger partial charge in [-0.25, -0.2) is 4.68 Å². The number of rotatable bonds is 3. The van der Waals surface area contributed by atoms with Crippen LogP contribution in [0.3, 0.4) is 0 Å². The highest BCUT2D eigenvalue weighted by Crippen LogP contribution is 2.16. The molecule has 0 unspecified atom stereocenters. The quantitative estimate of drug-likeness (QED) is 0.937. The zero-order chi connectivity index (χ0) is 11.4. The Hall–Kier alpha value is -1.39. The number of hydrogen-bond donors (Lipinski definition) is 1. The van der Waals surface area contributed by atoms with Crippen molar-refractivity contribution < 1.29 is 0 Å². The van der Waals surface area contributed by atoms with Gasteiger partial charge in [0.1, 0.15) is 4.60 Å². The first-order valence-corrected chi connectivity index (χ1v) is 5.77. The maximum absolute atomic E-state index is 5.40. The maximum Gasteiger partial charge on any atom is 0.109 e. The van der Waals surface area contributed by atoms with Crippen LogP contribution in [0.5, 0.6) is 0 Å². The Labute approximate surface area is 103 Å². The van der Waals surface area contributed by atoms with Crippen molar-refractivity contribution in [3.05, 3.63) is 52.8 Å². The molecule has 0 saturated carbocycles. The molecule has 0 bridgehead atoms. The Morgan fingerprint density at radius 2 is 2.00 bits per heavy atom. The first-order chi connectivity index (χ1) is 7.81. The zero-order valence-corrected chi connectivity index (χ0v) is 10.3. The molecule has 2 aromatic rings. The van der Waals surface area contributed by atoms with E-state index in [2.05, 4.69) is 21.0 Å². The Morgan fingerprint density at radius 3 is 2.56 bits per heavy atom. The molecule has 0 spiro atoms. The van der Waals surface area contributed by atoms with Gasteiger partial charge >= 0.3 is 0 Å². The molecule has 1 aromatic carbocycles. The molecule has 0 atom stereocenters. The van der Waals surface area contributed by atoms with Gasteiger partial charge in [-0.3, -0.25) is 0 Å². The third-order valence-corrected chi connectivity index (χ3v) is 2.78. The van der Waals surface area contributed by atoms with Crippen LogP contribution in [0.4, 0.5) is 0 Å². The number of aromatic nitrogens is 2. The van der Waals surface area contributed by atoms with E-state index in [1.54, 1.807) is 6.20 Å². The molecule has 0 aliphatic heterocycles. The lowest BCUT2D eigenvalue weighted by Gasteiger charge is -2.03. The van der Waals surface area contributed by atoms with Crippen LogP contribution in [0.25, 0.3) is 11.8 Å². The van der Waals surface area contributed by atoms with Crippen LogP contribution < -0.4 is 5.73 Å². The van der Waals surface area contributed by atoms with E-state index in [0.29, 0.717) is 6.54 Å². The van der Waals surface area contributed by atoms with Crippen molar-refractivity contribution in [3.8, 4) is 5.69 Å². The number of nitrogens with two attached hydrogens (primary N) is 1. The lowest BCUT2D eigenvalue weighted by molar-refractivity contribution is 0.861. The summed E-state index contributed by atoms with van der Waals surface area (Å²) in [5.74, 6) is 0. The van der Waals surface area contributed by atoms with Gasteiger partial charge in [0.25, 0.3) is 0 Å². The van der Waals surface area contributed by atoms with Crippen LogP contribution in [0, 0.1) is 0 Å². The summed E-state index contributed by atoms with van der Waals surface area (Å²) in [6, 6.07) is 10.0. The van der Waals surface area contributed by atoms with Crippen LogP contribution in [-0.4, -0.2) is 16.3 Å². The van der Waals surface area contributed by atoms with E-state index in [1.165, 1.54) is 0 Å². The fraction of sp³-hybridized carbons (Fsp3) is 0.0833. The summed E-state index contributed by atoms with van der Waals surface area (Å²) in [4.78, 5) is 0. The molecule has 4 heteroatoms. The number of hydrogen-bond acceptors (Lipinski definition) is 2. The fourth-order valence-corrected chi connectivity index (χ4v) is 1.82. The van der Waals surface area contributed by atoms with E-state index in [9.17, 15) is 0 Å². The lowest BCUT2D eigenvalue weighted by atomic mass is 10.2. The highest BCUT2D eigenvalue weighted by molar-refractivity contribution is 9.10. The minimum atomic E-state index is 0.562. The van der Waals surface area contributed by atoms with Crippen molar-refractivity contribution in [2.45, 2.75) is 0 Å². The second kappa shape index (κ2) is 5.09. The second-order valence-electron chi connectivity index (χ2n) is 3.30. The van der Waals surface area contributed by atoms with E-state index in [0.717, 1.165) is 15.9 Å². The maximum atomic E-state index is 5.40. The van der Waals surface area contributed by atoms with Crippen LogP contribution in [0.15, 0.2) is 47.2 Å². The summed E-state index contributed by atoms with van der Waals surface area (Å²) in [6.07, 6.45) is 5.69. The van der Waals surface area contributed by atoms with Gasteiger partial charge in [-0.2, -0.15) is 5.10 Å². The molecule has 2 rings (SSSR count). The van der Waals surface area contributed by atoms with Crippen molar-refractivity contribution in [2.24, 2.45) is 5.73 Å². The fourth-order valence-electron chi connectivity index (χ4n) is 1.41. The smallest absolute Gasteiger partial charge is 0.109 e. The van der Waals surface area contributed by atoms with E-state index in [4.69, 9.17) is 5.73 Å². The van der Waals surface area contributed by atoms with E-state index >= 15 is 0 Å². The van der Waals surface area contributed by atoms with Gasteiger partial charge in [0.15, 0.2) is 0 Å². The van der Waals surface area contributed by atoms with E-state index in [-0.39, 0.29) is 0 Å². The van der Waals surface area contributed by atoms with Crippen molar-refractivity contribution in [3.63, 3.8) is 0 Å². The first-order valence-electron chi connectivity index (χ1n) is 4.98. The normalized spacial score (nSPS) is 11.1. The van der Waals surface area contributed by atoms with Gasteiger partial charge in [-0.1, -0.05) is 24.3 Å². The Morgan fingerprint density at radius 1 is 1.25 bits per heavy atom. The second-order valence-corrected chi connectivity index (χ2v) is 4.11. The lowest BCUT2D eigenvalue weighted by Crippen LogP contribution is -1.96. The van der Waals surface area contributed by atoms with E-state index in [1.807, 2.05) is 47.2 Å². The Balaban J connectivity index is 2.26. The molecule has 82 valence electrons. The minimum Gasteiger partial charge on any atom is -0.327 e. The number of nitrogens with zero attached hydrogens (tertiary/aromatic N) is 2. The van der Waals surface area contributed by atoms with E-state index < -0.39 is 0 Å². The van der Waals surface area contributed by atoms with Gasteiger partial charge in [0.2, 0.25) is 0 Å². The topological polar surface area (TPSA) is 43.8 Å². The standard InChI is InChI=1S/C12H12BrN3/c13-12-7-9-15-16(12)11-5-3-10(4-6-11)2-1-8-14/h1-7,9H,8,14H2/b2-1+. The summed E-state index contributed by atoms with van der Waals surface area (Å²) in [5, 5.41) is 4.21. The molecule has 1 aromatic heterocycles. The molecule has 0 saturated heterocycles. The van der Waals surface area contributed by atoms with Crippen molar-refractivity contribution >= 4 is 22.0 Å². The van der Waals surface area contributed by atoms with Gasteiger partial charge in [0.05, 0.1) is 11.9 Å². The van der Waals surface area contributed by atoms with Crippen molar-refractivity contribution in [2.75, 3.05) is 6.54 Å². The summed E-state index contributed by atoms with van der Waals surface area (Å²) in [7, 11) is 0. The molecule has 16 heavy (non-hydrogen) atoms. The third-order valence-electron chi connectivity index (χ3n) is 2.18. The van der Waals surface area contributed by atoms with Crippen molar-refractivity contribution in [1.82, 2.24) is 9.78 Å². The molecule has 0 radical (unpaired) electrons. The van der Waals surface area contributed by atoms with Gasteiger partial charge in [0, 0.05) is 6.54 Å². The monoisotopic (exact) mass is 277 g/mol. The predicted molar refractivity (Wildman–Crippen MR) is 69.4 cm³/mol. The van der Waals surface area contributed by atoms with Crippen LogP contribution in [0.2, 0.25) is 0 Å². The number of benzene rings is 1. The molecule has 0 aliphatic carbocycles. The molecule has 2 N–H and O–H groups in total. The highest BCUT2D eigenvalue weighted by atomic mass is 79.9. The van der Waals surface area contributed by atoms with Crippen LogP contribution in [0.1, 0.15) is 5.56 Å². The van der Waals surface area contributed by atoms with Gasteiger partial charge < -0.3 is 5.73 Å². The van der Waals surface area contributed by atoms with Crippen molar-refractivity contribution in [1.29, 1.82) is 0 Å². The summed E-state index contributed by atoms with van der Waals surface area (Å²) in [6.45, 7) is 0.562. The molecular formula is C12H12BrN3.